The minimum absolute atomic E-state index is 0.0861. The summed E-state index contributed by atoms with van der Waals surface area (Å²) < 4.78 is 3.46. The number of aromatic nitrogens is 4. The monoisotopic (exact) mass is 373 g/mol. The molecule has 0 spiro atoms. The Balaban J connectivity index is 1.35. The molecule has 140 valence electrons. The van der Waals surface area contributed by atoms with Crippen molar-refractivity contribution in [1.82, 2.24) is 24.9 Å². The van der Waals surface area contributed by atoms with Gasteiger partial charge >= 0.3 is 0 Å². The predicted molar refractivity (Wildman–Crippen MR) is 106 cm³/mol. The molecule has 4 aromatic rings. The molecule has 2 aromatic heterocycles. The highest BCUT2D eigenvalue weighted by Crippen LogP contribution is 2.09. The van der Waals surface area contributed by atoms with E-state index in [0.717, 1.165) is 16.8 Å². The third kappa shape index (κ3) is 3.83. The largest absolute Gasteiger partial charge is 0.352 e. The molecule has 0 unspecified atom stereocenters. The van der Waals surface area contributed by atoms with Gasteiger partial charge in [0.15, 0.2) is 0 Å². The maximum atomic E-state index is 12.2. The van der Waals surface area contributed by atoms with Crippen molar-refractivity contribution in [3.63, 3.8) is 0 Å². The molecule has 0 saturated carbocycles. The molecule has 7 heteroatoms. The van der Waals surface area contributed by atoms with Gasteiger partial charge in [0.25, 0.3) is 0 Å². The smallest absolute Gasteiger partial charge is 0.222 e. The van der Waals surface area contributed by atoms with Crippen LogP contribution in [-0.4, -0.2) is 25.5 Å². The molecule has 0 fully saturated rings. The van der Waals surface area contributed by atoms with Crippen molar-refractivity contribution < 1.29 is 4.79 Å². The van der Waals surface area contributed by atoms with Crippen LogP contribution in [0.25, 0.3) is 16.6 Å². The lowest BCUT2D eigenvalue weighted by Crippen LogP contribution is -2.24. The number of amides is 1. The molecular formula is C21H19N5O2. The normalized spacial score (nSPS) is 10.9. The molecule has 0 bridgehead atoms. The van der Waals surface area contributed by atoms with E-state index in [4.69, 9.17) is 0 Å². The average molecular weight is 373 g/mol. The summed E-state index contributed by atoms with van der Waals surface area (Å²) >= 11 is 0. The van der Waals surface area contributed by atoms with Crippen LogP contribution >= 0.6 is 0 Å². The third-order valence-electron chi connectivity index (χ3n) is 4.46. The van der Waals surface area contributed by atoms with Crippen LogP contribution in [0, 0.1) is 0 Å². The lowest BCUT2D eigenvalue weighted by molar-refractivity contribution is -0.121. The second kappa shape index (κ2) is 7.87. The van der Waals surface area contributed by atoms with Crippen LogP contribution in [0.1, 0.15) is 12.0 Å². The molecule has 7 nitrogen and oxygen atoms in total. The standard InChI is InChI=1S/C21H19N5O2/c27-20-14-24-25(19-9-5-4-8-18(19)20)11-10-21(28)22-12-16-13-23-26(15-16)17-6-2-1-3-7-17/h1-9,13-15H,10-12H2,(H,22,28). The Morgan fingerprint density at radius 2 is 1.75 bits per heavy atom. The number of aryl methyl sites for hydroxylation is 1. The predicted octanol–water partition coefficient (Wildman–Crippen LogP) is 2.29. The molecule has 1 amide bonds. The number of carbonyl (C=O) groups excluding carboxylic acids is 1. The Hall–Kier alpha value is -3.74. The highest BCUT2D eigenvalue weighted by Gasteiger charge is 2.07. The van der Waals surface area contributed by atoms with E-state index in [-0.39, 0.29) is 17.8 Å². The summed E-state index contributed by atoms with van der Waals surface area (Å²) in [4.78, 5) is 24.1. The number of rotatable bonds is 6. The van der Waals surface area contributed by atoms with Crippen molar-refractivity contribution in [3.05, 3.63) is 89.0 Å². The number of benzene rings is 2. The van der Waals surface area contributed by atoms with Crippen molar-refractivity contribution in [2.75, 3.05) is 0 Å². The average Bonchev–Trinajstić information content (AvgIpc) is 3.22. The van der Waals surface area contributed by atoms with Gasteiger partial charge in [0.05, 0.1) is 30.1 Å². The lowest BCUT2D eigenvalue weighted by Gasteiger charge is -2.09. The Labute approximate surface area is 161 Å². The zero-order valence-corrected chi connectivity index (χ0v) is 15.2. The van der Waals surface area contributed by atoms with Gasteiger partial charge in [0, 0.05) is 30.1 Å². The van der Waals surface area contributed by atoms with E-state index < -0.39 is 0 Å². The molecule has 0 aliphatic rings. The van der Waals surface area contributed by atoms with Gasteiger partial charge < -0.3 is 5.32 Å². The van der Waals surface area contributed by atoms with Crippen molar-refractivity contribution in [1.29, 1.82) is 0 Å². The van der Waals surface area contributed by atoms with Crippen LogP contribution in [0.2, 0.25) is 0 Å². The van der Waals surface area contributed by atoms with Crippen LogP contribution in [-0.2, 0) is 17.9 Å². The fourth-order valence-corrected chi connectivity index (χ4v) is 3.01. The molecule has 1 N–H and O–H groups in total. The topological polar surface area (TPSA) is 81.8 Å². The number of nitrogens with one attached hydrogen (secondary N) is 1. The molecule has 0 aliphatic heterocycles. The van der Waals surface area contributed by atoms with Crippen molar-refractivity contribution in [2.24, 2.45) is 0 Å². The second-order valence-electron chi connectivity index (χ2n) is 6.40. The molecule has 0 aliphatic carbocycles. The van der Waals surface area contributed by atoms with Gasteiger partial charge in [0.2, 0.25) is 11.3 Å². The van der Waals surface area contributed by atoms with Crippen molar-refractivity contribution >= 4 is 16.8 Å². The van der Waals surface area contributed by atoms with Gasteiger partial charge in [-0.15, -0.1) is 0 Å². The van der Waals surface area contributed by atoms with Gasteiger partial charge in [-0.3, -0.25) is 14.3 Å². The summed E-state index contributed by atoms with van der Waals surface area (Å²) in [6, 6.07) is 17.1. The minimum atomic E-state index is -0.119. The first-order chi connectivity index (χ1) is 13.7. The molecule has 2 aromatic carbocycles. The SMILES string of the molecule is O=C(CCn1ncc(=O)c2ccccc21)NCc1cnn(-c2ccccc2)c1. The van der Waals surface area contributed by atoms with Gasteiger partial charge in [0.1, 0.15) is 0 Å². The highest BCUT2D eigenvalue weighted by molar-refractivity contribution is 5.79. The quantitative estimate of drug-likeness (QED) is 0.562. The summed E-state index contributed by atoms with van der Waals surface area (Å²) in [6.07, 6.45) is 5.20. The first-order valence-electron chi connectivity index (χ1n) is 9.01. The Morgan fingerprint density at radius 1 is 0.964 bits per heavy atom. The van der Waals surface area contributed by atoms with Crippen LogP contribution in [0.4, 0.5) is 0 Å². The van der Waals surface area contributed by atoms with Crippen LogP contribution < -0.4 is 10.7 Å². The molecule has 2 heterocycles. The fourth-order valence-electron chi connectivity index (χ4n) is 3.01. The first-order valence-corrected chi connectivity index (χ1v) is 9.01. The van der Waals surface area contributed by atoms with E-state index in [1.807, 2.05) is 54.7 Å². The molecule has 0 atom stereocenters. The number of hydrogen-bond acceptors (Lipinski definition) is 4. The number of nitrogens with zero attached hydrogens (tertiary/aromatic N) is 4. The van der Waals surface area contributed by atoms with Gasteiger partial charge in [-0.05, 0) is 24.3 Å². The number of para-hydroxylation sites is 2. The Bertz CT molecular complexity index is 1160. The van der Waals surface area contributed by atoms with Gasteiger partial charge in [-0.25, -0.2) is 4.68 Å². The summed E-state index contributed by atoms with van der Waals surface area (Å²) in [5.41, 5.74) is 2.50. The van der Waals surface area contributed by atoms with Crippen LogP contribution in [0.15, 0.2) is 78.0 Å². The maximum absolute atomic E-state index is 12.2. The van der Waals surface area contributed by atoms with Gasteiger partial charge in [-0.1, -0.05) is 30.3 Å². The fraction of sp³-hybridized carbons (Fsp3) is 0.143. The second-order valence-corrected chi connectivity index (χ2v) is 6.40. The summed E-state index contributed by atoms with van der Waals surface area (Å²) in [6.45, 7) is 0.805. The summed E-state index contributed by atoms with van der Waals surface area (Å²) in [7, 11) is 0. The Morgan fingerprint density at radius 3 is 2.61 bits per heavy atom. The van der Waals surface area contributed by atoms with E-state index in [1.165, 1.54) is 6.20 Å². The zero-order valence-electron chi connectivity index (χ0n) is 15.2. The highest BCUT2D eigenvalue weighted by atomic mass is 16.1. The van der Waals surface area contributed by atoms with E-state index in [0.29, 0.717) is 18.5 Å². The number of fused-ring (bicyclic) bond motifs is 1. The van der Waals surface area contributed by atoms with Crippen molar-refractivity contribution in [2.45, 2.75) is 19.5 Å². The molecule has 0 saturated heterocycles. The van der Waals surface area contributed by atoms with E-state index in [2.05, 4.69) is 15.5 Å². The lowest BCUT2D eigenvalue weighted by atomic mass is 10.2. The number of hydrogen-bond donors (Lipinski definition) is 1. The number of carbonyl (C=O) groups is 1. The summed E-state index contributed by atoms with van der Waals surface area (Å²) in [5, 5.41) is 12.0. The van der Waals surface area contributed by atoms with Crippen LogP contribution in [0.3, 0.4) is 0 Å². The van der Waals surface area contributed by atoms with E-state index in [9.17, 15) is 9.59 Å². The Kier molecular flexibility index (Phi) is 4.97. The summed E-state index contributed by atoms with van der Waals surface area (Å²) in [5.74, 6) is -0.0861. The maximum Gasteiger partial charge on any atom is 0.222 e. The molecular weight excluding hydrogens is 354 g/mol. The molecule has 28 heavy (non-hydrogen) atoms. The van der Waals surface area contributed by atoms with Crippen molar-refractivity contribution in [3.8, 4) is 5.69 Å². The molecule has 0 radical (unpaired) electrons. The first kappa shape index (κ1) is 17.7. The zero-order chi connectivity index (χ0) is 19.3. The van der Waals surface area contributed by atoms with Crippen LogP contribution in [0.5, 0.6) is 0 Å². The van der Waals surface area contributed by atoms with Gasteiger partial charge in [-0.2, -0.15) is 10.2 Å². The third-order valence-corrected chi connectivity index (χ3v) is 4.46. The molecule has 4 rings (SSSR count). The van der Waals surface area contributed by atoms with E-state index >= 15 is 0 Å². The minimum Gasteiger partial charge on any atom is -0.352 e. The van der Waals surface area contributed by atoms with E-state index in [1.54, 1.807) is 21.6 Å².